The number of aromatic nitrogens is 1. The van der Waals surface area contributed by atoms with E-state index in [1.807, 2.05) is 49.1 Å². The molecule has 4 heteroatoms. The van der Waals surface area contributed by atoms with Crippen LogP contribution in [0.25, 0.3) is 22.2 Å². The zero-order chi connectivity index (χ0) is 19.9. The third kappa shape index (κ3) is 4.33. The minimum Gasteiger partial charge on any atom is -0.371 e. The van der Waals surface area contributed by atoms with Crippen LogP contribution in [-0.4, -0.2) is 42.0 Å². The van der Waals surface area contributed by atoms with Gasteiger partial charge in [0.25, 0.3) is 0 Å². The van der Waals surface area contributed by atoms with E-state index in [-0.39, 0.29) is 5.91 Å². The molecule has 0 aliphatic heterocycles. The zero-order valence-electron chi connectivity index (χ0n) is 17.1. The Kier molecular flexibility index (Phi) is 6.64. The fraction of sp³-hybridized carbons (Fsp3) is 0.333. The lowest BCUT2D eigenvalue weighted by atomic mass is 10.1. The second-order valence-corrected chi connectivity index (χ2v) is 6.81. The van der Waals surface area contributed by atoms with Crippen LogP contribution in [0, 0.1) is 0 Å². The minimum atomic E-state index is 0.213. The molecular formula is C24H29N3O. The first kappa shape index (κ1) is 19.9. The maximum Gasteiger partial charge on any atom is 0.224 e. The Labute approximate surface area is 167 Å². The van der Waals surface area contributed by atoms with Gasteiger partial charge < -0.3 is 9.80 Å². The van der Waals surface area contributed by atoms with Crippen molar-refractivity contribution in [1.29, 1.82) is 0 Å². The maximum atomic E-state index is 12.5. The first-order chi connectivity index (χ1) is 13.7. The van der Waals surface area contributed by atoms with E-state index < -0.39 is 0 Å². The van der Waals surface area contributed by atoms with Gasteiger partial charge in [-0.05, 0) is 32.9 Å². The van der Waals surface area contributed by atoms with Gasteiger partial charge in [0.2, 0.25) is 5.91 Å². The van der Waals surface area contributed by atoms with E-state index in [9.17, 15) is 4.79 Å². The van der Waals surface area contributed by atoms with Gasteiger partial charge in [0.1, 0.15) is 0 Å². The summed E-state index contributed by atoms with van der Waals surface area (Å²) in [4.78, 5) is 21.6. The van der Waals surface area contributed by atoms with Crippen molar-refractivity contribution in [3.63, 3.8) is 0 Å². The van der Waals surface area contributed by atoms with Crippen molar-refractivity contribution < 1.29 is 4.79 Å². The Balaban J connectivity index is 1.96. The molecule has 0 spiro atoms. The average Bonchev–Trinajstić information content (AvgIpc) is 2.75. The second-order valence-electron chi connectivity index (χ2n) is 6.81. The molecule has 3 aromatic rings. The molecule has 0 radical (unpaired) electrons. The Morgan fingerprint density at radius 1 is 0.893 bits per heavy atom. The van der Waals surface area contributed by atoms with Crippen molar-refractivity contribution in [3.05, 3.63) is 60.7 Å². The van der Waals surface area contributed by atoms with Crippen molar-refractivity contribution >= 4 is 22.5 Å². The number of benzene rings is 2. The predicted molar refractivity (Wildman–Crippen MR) is 118 cm³/mol. The number of anilines is 1. The highest BCUT2D eigenvalue weighted by Crippen LogP contribution is 2.31. The number of amides is 1. The third-order valence-electron chi connectivity index (χ3n) is 5.20. The number of para-hydroxylation sites is 1. The van der Waals surface area contributed by atoms with E-state index in [1.165, 1.54) is 0 Å². The van der Waals surface area contributed by atoms with Crippen LogP contribution in [0.3, 0.4) is 0 Å². The predicted octanol–water partition coefficient (Wildman–Crippen LogP) is 4.99. The fourth-order valence-electron chi connectivity index (χ4n) is 3.59. The summed E-state index contributed by atoms with van der Waals surface area (Å²) in [5.74, 6) is 0.213. The largest absolute Gasteiger partial charge is 0.371 e. The number of pyridine rings is 1. The van der Waals surface area contributed by atoms with Crippen LogP contribution >= 0.6 is 0 Å². The van der Waals surface area contributed by atoms with Gasteiger partial charge in [0, 0.05) is 49.2 Å². The van der Waals surface area contributed by atoms with Gasteiger partial charge in [0.05, 0.1) is 11.2 Å². The van der Waals surface area contributed by atoms with E-state index in [4.69, 9.17) is 4.98 Å². The molecule has 0 N–H and O–H groups in total. The number of hydrogen-bond acceptors (Lipinski definition) is 3. The molecule has 0 saturated heterocycles. The monoisotopic (exact) mass is 375 g/mol. The average molecular weight is 376 g/mol. The summed E-state index contributed by atoms with van der Waals surface area (Å²) < 4.78 is 0. The Bertz CT molecular complexity index is 920. The van der Waals surface area contributed by atoms with E-state index in [0.29, 0.717) is 13.0 Å². The number of hydrogen-bond donors (Lipinski definition) is 0. The SMILES string of the molecule is CCN(CC)C(=O)CCN(CC)c1cc(-c2ccccc2)nc2ccccc12. The number of rotatable bonds is 8. The summed E-state index contributed by atoms with van der Waals surface area (Å²) in [5.41, 5.74) is 4.18. The number of carbonyl (C=O) groups is 1. The molecule has 28 heavy (non-hydrogen) atoms. The molecule has 146 valence electrons. The van der Waals surface area contributed by atoms with Crippen molar-refractivity contribution in [2.24, 2.45) is 0 Å². The van der Waals surface area contributed by atoms with Crippen LogP contribution in [0.1, 0.15) is 27.2 Å². The topological polar surface area (TPSA) is 36.4 Å². The molecule has 4 nitrogen and oxygen atoms in total. The number of nitrogens with zero attached hydrogens (tertiary/aromatic N) is 3. The Hall–Kier alpha value is -2.88. The summed E-state index contributed by atoms with van der Waals surface area (Å²) >= 11 is 0. The van der Waals surface area contributed by atoms with E-state index in [1.54, 1.807) is 0 Å². The normalized spacial score (nSPS) is 10.8. The number of carbonyl (C=O) groups excluding carboxylic acids is 1. The van der Waals surface area contributed by atoms with E-state index >= 15 is 0 Å². The molecule has 1 aromatic heterocycles. The van der Waals surface area contributed by atoms with Crippen LogP contribution < -0.4 is 4.90 Å². The molecule has 0 aliphatic carbocycles. The van der Waals surface area contributed by atoms with Crippen molar-refractivity contribution in [2.45, 2.75) is 27.2 Å². The van der Waals surface area contributed by atoms with Gasteiger partial charge in [-0.25, -0.2) is 4.98 Å². The number of fused-ring (bicyclic) bond motifs is 1. The second kappa shape index (κ2) is 9.36. The third-order valence-corrected chi connectivity index (χ3v) is 5.20. The maximum absolute atomic E-state index is 12.5. The molecule has 0 fully saturated rings. The lowest BCUT2D eigenvalue weighted by Crippen LogP contribution is -2.34. The lowest BCUT2D eigenvalue weighted by Gasteiger charge is -2.26. The molecule has 0 unspecified atom stereocenters. The lowest BCUT2D eigenvalue weighted by molar-refractivity contribution is -0.130. The zero-order valence-corrected chi connectivity index (χ0v) is 17.1. The van der Waals surface area contributed by atoms with Crippen molar-refractivity contribution in [2.75, 3.05) is 31.1 Å². The van der Waals surface area contributed by atoms with Crippen LogP contribution in [0.2, 0.25) is 0 Å². The Morgan fingerprint density at radius 3 is 2.25 bits per heavy atom. The molecule has 0 saturated carbocycles. The molecule has 1 heterocycles. The van der Waals surface area contributed by atoms with Gasteiger partial charge in [-0.15, -0.1) is 0 Å². The summed E-state index contributed by atoms with van der Waals surface area (Å²) in [5, 5.41) is 1.12. The van der Waals surface area contributed by atoms with Crippen molar-refractivity contribution in [1.82, 2.24) is 9.88 Å². The van der Waals surface area contributed by atoms with E-state index in [2.05, 4.69) is 42.2 Å². The van der Waals surface area contributed by atoms with Gasteiger partial charge in [-0.2, -0.15) is 0 Å². The van der Waals surface area contributed by atoms with Crippen molar-refractivity contribution in [3.8, 4) is 11.3 Å². The van der Waals surface area contributed by atoms with Gasteiger partial charge >= 0.3 is 0 Å². The summed E-state index contributed by atoms with van der Waals surface area (Å²) in [7, 11) is 0. The Morgan fingerprint density at radius 2 is 1.57 bits per heavy atom. The van der Waals surface area contributed by atoms with Crippen LogP contribution in [0.15, 0.2) is 60.7 Å². The molecule has 3 rings (SSSR count). The van der Waals surface area contributed by atoms with Gasteiger partial charge in [-0.1, -0.05) is 48.5 Å². The smallest absolute Gasteiger partial charge is 0.224 e. The van der Waals surface area contributed by atoms with E-state index in [0.717, 1.165) is 47.5 Å². The minimum absolute atomic E-state index is 0.213. The highest BCUT2D eigenvalue weighted by molar-refractivity contribution is 5.94. The summed E-state index contributed by atoms with van der Waals surface area (Å²) in [6, 6.07) is 20.6. The molecule has 0 aliphatic rings. The summed E-state index contributed by atoms with van der Waals surface area (Å²) in [6.45, 7) is 9.26. The quantitative estimate of drug-likeness (QED) is 0.557. The molecular weight excluding hydrogens is 346 g/mol. The molecule has 0 bridgehead atoms. The first-order valence-electron chi connectivity index (χ1n) is 10.2. The first-order valence-corrected chi connectivity index (χ1v) is 10.2. The van der Waals surface area contributed by atoms with Crippen LogP contribution in [0.5, 0.6) is 0 Å². The van der Waals surface area contributed by atoms with Gasteiger partial charge in [-0.3, -0.25) is 4.79 Å². The van der Waals surface area contributed by atoms with Gasteiger partial charge in [0.15, 0.2) is 0 Å². The highest BCUT2D eigenvalue weighted by atomic mass is 16.2. The molecule has 0 atom stereocenters. The van der Waals surface area contributed by atoms with Crippen LogP contribution in [0.4, 0.5) is 5.69 Å². The molecule has 1 amide bonds. The standard InChI is InChI=1S/C24H29N3O/c1-4-26(5-2)24(28)16-17-27(6-3)23-18-22(19-12-8-7-9-13-19)25-21-15-11-10-14-20(21)23/h7-15,18H,4-6,16-17H2,1-3H3. The molecule has 2 aromatic carbocycles. The fourth-order valence-corrected chi connectivity index (χ4v) is 3.59. The van der Waals surface area contributed by atoms with Crippen LogP contribution in [-0.2, 0) is 4.79 Å². The highest BCUT2D eigenvalue weighted by Gasteiger charge is 2.15. The summed E-state index contributed by atoms with van der Waals surface area (Å²) in [6.07, 6.45) is 0.521.